The number of carbonyl (C=O) groups is 2. The molecule has 0 aliphatic carbocycles. The molecule has 0 unspecified atom stereocenters. The number of halogens is 1. The molecular weight excluding hydrogens is 384 g/mol. The number of piperidine rings is 1. The van der Waals surface area contributed by atoms with Crippen LogP contribution in [0.25, 0.3) is 0 Å². The maximum Gasteiger partial charge on any atom is 0.410 e. The van der Waals surface area contributed by atoms with Crippen LogP contribution in [0.2, 0.25) is 0 Å². The number of hydrogen-bond donors (Lipinski definition) is 1. The van der Waals surface area contributed by atoms with Gasteiger partial charge in [-0.3, -0.25) is 4.79 Å². The first kappa shape index (κ1) is 21.5. The van der Waals surface area contributed by atoms with Crippen molar-refractivity contribution in [2.75, 3.05) is 13.1 Å². The van der Waals surface area contributed by atoms with Gasteiger partial charge in [-0.2, -0.15) is 0 Å². The second-order valence-corrected chi connectivity index (χ2v) is 7.84. The second kappa shape index (κ2) is 8.70. The number of benzene rings is 1. The summed E-state index contributed by atoms with van der Waals surface area (Å²) < 4.78 is 6.34. The highest BCUT2D eigenvalue weighted by Crippen LogP contribution is 2.36. The van der Waals surface area contributed by atoms with E-state index in [4.69, 9.17) is 10.5 Å². The van der Waals surface area contributed by atoms with Gasteiger partial charge in [-0.05, 0) is 51.3 Å². The third kappa shape index (κ3) is 5.46. The minimum Gasteiger partial charge on any atom is -0.444 e. The molecule has 6 heteroatoms. The van der Waals surface area contributed by atoms with Crippen LogP contribution in [0.3, 0.4) is 0 Å². The fourth-order valence-electron chi connectivity index (χ4n) is 2.84. The number of rotatable bonds is 2. The van der Waals surface area contributed by atoms with E-state index in [9.17, 15) is 9.59 Å². The van der Waals surface area contributed by atoms with Gasteiger partial charge in [0, 0.05) is 17.6 Å². The summed E-state index contributed by atoms with van der Waals surface area (Å²) in [4.78, 5) is 25.9. The van der Waals surface area contributed by atoms with E-state index in [0.717, 1.165) is 10.0 Å². The van der Waals surface area contributed by atoms with Crippen LogP contribution in [0.5, 0.6) is 0 Å². The van der Waals surface area contributed by atoms with E-state index in [-0.39, 0.29) is 12.0 Å². The van der Waals surface area contributed by atoms with Crippen molar-refractivity contribution in [3.05, 3.63) is 34.3 Å². The minimum atomic E-state index is -0.723. The Morgan fingerprint density at radius 2 is 1.60 bits per heavy atom. The average molecular weight is 413 g/mol. The van der Waals surface area contributed by atoms with Gasteiger partial charge >= 0.3 is 6.09 Å². The van der Waals surface area contributed by atoms with Crippen molar-refractivity contribution in [1.29, 1.82) is 0 Å². The minimum absolute atomic E-state index is 0.341. The lowest BCUT2D eigenvalue weighted by Gasteiger charge is -2.40. The van der Waals surface area contributed by atoms with Crippen molar-refractivity contribution in [2.24, 2.45) is 5.73 Å². The summed E-state index contributed by atoms with van der Waals surface area (Å²) in [5.41, 5.74) is 5.36. The van der Waals surface area contributed by atoms with E-state index in [1.54, 1.807) is 4.90 Å². The van der Waals surface area contributed by atoms with Crippen LogP contribution >= 0.6 is 15.9 Å². The Morgan fingerprint density at radius 3 is 2.00 bits per heavy atom. The number of nitrogens with two attached hydrogens (primary N) is 1. The van der Waals surface area contributed by atoms with Gasteiger partial charge in [-0.25, -0.2) is 4.79 Å². The molecule has 1 aromatic rings. The molecule has 0 spiro atoms. The van der Waals surface area contributed by atoms with Crippen LogP contribution in [-0.2, 0) is 14.9 Å². The monoisotopic (exact) mass is 412 g/mol. The van der Waals surface area contributed by atoms with Crippen molar-refractivity contribution >= 4 is 27.9 Å². The molecule has 1 aromatic carbocycles. The first-order chi connectivity index (χ1) is 11.6. The zero-order valence-corrected chi connectivity index (χ0v) is 17.4. The van der Waals surface area contributed by atoms with Crippen LogP contribution in [0, 0.1) is 0 Å². The van der Waals surface area contributed by atoms with E-state index in [1.165, 1.54) is 0 Å². The Kier molecular flexibility index (Phi) is 7.47. The van der Waals surface area contributed by atoms with Crippen LogP contribution < -0.4 is 5.73 Å². The Labute approximate surface area is 159 Å². The lowest BCUT2D eigenvalue weighted by Crippen LogP contribution is -2.52. The molecule has 0 radical (unpaired) electrons. The lowest BCUT2D eigenvalue weighted by molar-refractivity contribution is -0.125. The largest absolute Gasteiger partial charge is 0.444 e. The molecule has 0 aromatic heterocycles. The van der Waals surface area contributed by atoms with Crippen molar-refractivity contribution in [3.63, 3.8) is 0 Å². The predicted octanol–water partition coefficient (Wildman–Crippen LogP) is 4.23. The molecule has 1 aliphatic heterocycles. The van der Waals surface area contributed by atoms with Crippen molar-refractivity contribution in [3.8, 4) is 0 Å². The van der Waals surface area contributed by atoms with E-state index in [1.807, 2.05) is 58.9 Å². The average Bonchev–Trinajstić information content (AvgIpc) is 2.55. The van der Waals surface area contributed by atoms with Gasteiger partial charge < -0.3 is 15.4 Å². The van der Waals surface area contributed by atoms with Crippen molar-refractivity contribution in [1.82, 2.24) is 4.90 Å². The highest BCUT2D eigenvalue weighted by Gasteiger charge is 2.43. The normalized spacial score (nSPS) is 16.5. The van der Waals surface area contributed by atoms with E-state index in [2.05, 4.69) is 15.9 Å². The maximum atomic E-state index is 12.2. The Balaban J connectivity index is 0.00000151. The Morgan fingerprint density at radius 1 is 1.12 bits per heavy atom. The van der Waals surface area contributed by atoms with Crippen LogP contribution in [0.1, 0.15) is 53.0 Å². The number of amides is 2. The number of ether oxygens (including phenoxy) is 1. The summed E-state index contributed by atoms with van der Waals surface area (Å²) in [5, 5.41) is 0. The molecule has 1 fully saturated rings. The van der Waals surface area contributed by atoms with Gasteiger partial charge in [0.1, 0.15) is 5.60 Å². The molecule has 0 saturated carbocycles. The fraction of sp³-hybridized carbons (Fsp3) is 0.579. The maximum absolute atomic E-state index is 12.2. The first-order valence-corrected chi connectivity index (χ1v) is 9.47. The van der Waals surface area contributed by atoms with Crippen LogP contribution in [0.4, 0.5) is 4.79 Å². The van der Waals surface area contributed by atoms with Crippen molar-refractivity contribution in [2.45, 2.75) is 58.5 Å². The van der Waals surface area contributed by atoms with Gasteiger partial charge in [0.25, 0.3) is 0 Å². The zero-order chi connectivity index (χ0) is 19.3. The number of primary amides is 1. The third-order valence-corrected chi connectivity index (χ3v) is 4.67. The summed E-state index contributed by atoms with van der Waals surface area (Å²) >= 11 is 3.40. The number of carbonyl (C=O) groups excluding carboxylic acids is 2. The predicted molar refractivity (Wildman–Crippen MR) is 103 cm³/mol. The molecule has 0 bridgehead atoms. The molecule has 5 nitrogen and oxygen atoms in total. The van der Waals surface area contributed by atoms with E-state index in [0.29, 0.717) is 25.9 Å². The number of likely N-dealkylation sites (tertiary alicyclic amines) is 1. The molecule has 0 atom stereocenters. The van der Waals surface area contributed by atoms with E-state index >= 15 is 0 Å². The van der Waals surface area contributed by atoms with E-state index < -0.39 is 11.0 Å². The second-order valence-electron chi connectivity index (χ2n) is 6.92. The summed E-state index contributed by atoms with van der Waals surface area (Å²) in [6, 6.07) is 7.64. The molecule has 2 rings (SSSR count). The summed E-state index contributed by atoms with van der Waals surface area (Å²) in [6.45, 7) is 10.4. The highest BCUT2D eigenvalue weighted by atomic mass is 79.9. The highest BCUT2D eigenvalue weighted by molar-refractivity contribution is 9.10. The molecule has 1 aliphatic rings. The Bertz CT molecular complexity index is 586. The topological polar surface area (TPSA) is 72.6 Å². The van der Waals surface area contributed by atoms with Crippen LogP contribution in [0.15, 0.2) is 28.7 Å². The lowest BCUT2D eigenvalue weighted by atomic mass is 9.72. The summed E-state index contributed by atoms with van der Waals surface area (Å²) in [7, 11) is 0. The quantitative estimate of drug-likeness (QED) is 0.789. The molecule has 2 amide bonds. The molecular formula is C19H29BrN2O3. The van der Waals surface area contributed by atoms with Crippen molar-refractivity contribution < 1.29 is 14.3 Å². The van der Waals surface area contributed by atoms with Gasteiger partial charge in [-0.1, -0.05) is 41.9 Å². The molecule has 1 heterocycles. The third-order valence-electron chi connectivity index (χ3n) is 4.14. The van der Waals surface area contributed by atoms with Gasteiger partial charge in [-0.15, -0.1) is 0 Å². The Hall–Kier alpha value is -1.56. The van der Waals surface area contributed by atoms with Gasteiger partial charge in [0.05, 0.1) is 5.41 Å². The standard InChI is InChI=1S/C17H23BrN2O3.C2H6/c1-16(2,3)23-15(22)20-10-8-17(9-11-20,14(19)21)12-4-6-13(18)7-5-12;1-2/h4-7H,8-11H2,1-3H3,(H2,19,21);1-2H3. The number of hydrogen-bond acceptors (Lipinski definition) is 3. The molecule has 1 saturated heterocycles. The number of nitrogens with zero attached hydrogens (tertiary/aromatic N) is 1. The smallest absolute Gasteiger partial charge is 0.410 e. The first-order valence-electron chi connectivity index (χ1n) is 8.68. The summed E-state index contributed by atoms with van der Waals surface area (Å²) in [6.07, 6.45) is 0.665. The van der Waals surface area contributed by atoms with Gasteiger partial charge in [0.15, 0.2) is 0 Å². The molecule has 2 N–H and O–H groups in total. The molecule has 25 heavy (non-hydrogen) atoms. The SMILES string of the molecule is CC.CC(C)(C)OC(=O)N1CCC(C(N)=O)(c2ccc(Br)cc2)CC1. The fourth-order valence-corrected chi connectivity index (χ4v) is 3.11. The zero-order valence-electron chi connectivity index (χ0n) is 15.8. The summed E-state index contributed by atoms with van der Waals surface area (Å²) in [5.74, 6) is -0.344. The molecule has 140 valence electrons. The van der Waals surface area contributed by atoms with Crippen LogP contribution in [-0.4, -0.2) is 35.6 Å². The van der Waals surface area contributed by atoms with Gasteiger partial charge in [0.2, 0.25) is 5.91 Å².